The fourth-order valence-corrected chi connectivity index (χ4v) is 5.95. The molecule has 0 fully saturated rings. The molecule has 41 heavy (non-hydrogen) atoms. The van der Waals surface area contributed by atoms with Crippen molar-refractivity contribution in [1.29, 1.82) is 0 Å². The van der Waals surface area contributed by atoms with E-state index in [1.807, 2.05) is 6.92 Å². The third-order valence-electron chi connectivity index (χ3n) is 6.50. The molecule has 0 saturated carbocycles. The molecule has 2 amide bonds. The van der Waals surface area contributed by atoms with Crippen LogP contribution in [0.25, 0.3) is 0 Å². The maximum absolute atomic E-state index is 14.2. The minimum Gasteiger partial charge on any atom is -0.497 e. The molecule has 1 N–H and O–H groups in total. The van der Waals surface area contributed by atoms with Gasteiger partial charge in [0.2, 0.25) is 11.8 Å². The summed E-state index contributed by atoms with van der Waals surface area (Å²) in [5.41, 5.74) is 0.742. The molecule has 0 aromatic heterocycles. The van der Waals surface area contributed by atoms with Gasteiger partial charge in [-0.2, -0.15) is 0 Å². The Morgan fingerprint density at radius 1 is 0.951 bits per heavy atom. The number of amides is 2. The van der Waals surface area contributed by atoms with Gasteiger partial charge in [-0.15, -0.1) is 0 Å². The van der Waals surface area contributed by atoms with E-state index < -0.39 is 28.5 Å². The van der Waals surface area contributed by atoms with E-state index in [4.69, 9.17) is 21.1 Å². The van der Waals surface area contributed by atoms with Gasteiger partial charge < -0.3 is 19.7 Å². The zero-order valence-corrected chi connectivity index (χ0v) is 25.2. The molecule has 9 nitrogen and oxygen atoms in total. The number of benzene rings is 3. The summed E-state index contributed by atoms with van der Waals surface area (Å²) in [4.78, 5) is 28.8. The second-order valence-electron chi connectivity index (χ2n) is 9.19. The van der Waals surface area contributed by atoms with Crippen LogP contribution in [0, 0.1) is 0 Å². The number of sulfonamides is 1. The van der Waals surface area contributed by atoms with Crippen LogP contribution in [0.15, 0.2) is 77.7 Å². The van der Waals surface area contributed by atoms with E-state index in [1.165, 1.54) is 37.3 Å². The molecule has 3 aromatic rings. The van der Waals surface area contributed by atoms with Crippen molar-refractivity contribution in [2.75, 3.05) is 31.6 Å². The van der Waals surface area contributed by atoms with Gasteiger partial charge >= 0.3 is 0 Å². The number of halogens is 1. The summed E-state index contributed by atoms with van der Waals surface area (Å²) in [7, 11) is -1.40. The van der Waals surface area contributed by atoms with Crippen LogP contribution in [0.3, 0.4) is 0 Å². The lowest BCUT2D eigenvalue weighted by Crippen LogP contribution is -2.52. The Bertz CT molecular complexity index is 1440. The molecule has 1 atom stereocenters. The Balaban J connectivity index is 2.14. The standard InChI is InChI=1S/C30H36ClN3O6S/c1-5-18-32-30(36)26(6-2)33(20-22-12-10-11-15-25(22)31)29(35)21-34(41(37,38)24-13-8-7-9-14-24)27-19-23(39-3)16-17-28(27)40-4/h7-17,19,26H,5-6,18,20-21H2,1-4H3,(H,32,36)/t26-/m1/s1. The van der Waals surface area contributed by atoms with Crippen molar-refractivity contribution in [3.63, 3.8) is 0 Å². The minimum absolute atomic E-state index is 0.00499. The zero-order valence-electron chi connectivity index (χ0n) is 23.7. The summed E-state index contributed by atoms with van der Waals surface area (Å²) in [6.07, 6.45) is 1.03. The number of anilines is 1. The Morgan fingerprint density at radius 3 is 2.24 bits per heavy atom. The molecule has 3 aromatic carbocycles. The quantitative estimate of drug-likeness (QED) is 0.282. The molecule has 11 heteroatoms. The molecule has 0 aliphatic heterocycles. The lowest BCUT2D eigenvalue weighted by atomic mass is 10.1. The van der Waals surface area contributed by atoms with Crippen LogP contribution < -0.4 is 19.1 Å². The number of hydrogen-bond donors (Lipinski definition) is 1. The SMILES string of the molecule is CCCNC(=O)[C@@H](CC)N(Cc1ccccc1Cl)C(=O)CN(c1cc(OC)ccc1OC)S(=O)(=O)c1ccccc1. The van der Waals surface area contributed by atoms with Crippen LogP contribution in [0.5, 0.6) is 11.5 Å². The number of methoxy groups -OCH3 is 2. The number of rotatable bonds is 14. The van der Waals surface area contributed by atoms with Crippen molar-refractivity contribution in [1.82, 2.24) is 10.2 Å². The highest BCUT2D eigenvalue weighted by molar-refractivity contribution is 7.92. The highest BCUT2D eigenvalue weighted by atomic mass is 35.5. The minimum atomic E-state index is -4.26. The molecule has 0 saturated heterocycles. The number of nitrogens with one attached hydrogen (secondary N) is 1. The van der Waals surface area contributed by atoms with E-state index in [0.29, 0.717) is 29.3 Å². The van der Waals surface area contributed by atoms with Gasteiger partial charge in [0.15, 0.2) is 0 Å². The summed E-state index contributed by atoms with van der Waals surface area (Å²) >= 11 is 6.44. The fraction of sp³-hybridized carbons (Fsp3) is 0.333. The van der Waals surface area contributed by atoms with Gasteiger partial charge in [0.05, 0.1) is 24.8 Å². The van der Waals surface area contributed by atoms with Gasteiger partial charge in [0, 0.05) is 24.2 Å². The first kappa shape index (κ1) is 31.8. The van der Waals surface area contributed by atoms with Gasteiger partial charge in [0.25, 0.3) is 10.0 Å². The third-order valence-corrected chi connectivity index (χ3v) is 8.64. The van der Waals surface area contributed by atoms with E-state index in [1.54, 1.807) is 61.5 Å². The second kappa shape index (κ2) is 14.7. The van der Waals surface area contributed by atoms with Crippen molar-refractivity contribution >= 4 is 39.1 Å². The van der Waals surface area contributed by atoms with E-state index in [9.17, 15) is 18.0 Å². The van der Waals surface area contributed by atoms with Crippen LogP contribution >= 0.6 is 11.6 Å². The number of hydrogen-bond acceptors (Lipinski definition) is 6. The molecular formula is C30H36ClN3O6S. The molecule has 0 heterocycles. The largest absolute Gasteiger partial charge is 0.497 e. The van der Waals surface area contributed by atoms with E-state index in [0.717, 1.165) is 10.7 Å². The number of nitrogens with zero attached hydrogens (tertiary/aromatic N) is 2. The molecule has 0 radical (unpaired) electrons. The number of carbonyl (C=O) groups is 2. The average Bonchev–Trinajstić information content (AvgIpc) is 2.99. The van der Waals surface area contributed by atoms with Crippen LogP contribution in [0.2, 0.25) is 5.02 Å². The summed E-state index contributed by atoms with van der Waals surface area (Å²) in [6, 6.07) is 18.7. The van der Waals surface area contributed by atoms with Crippen molar-refractivity contribution < 1.29 is 27.5 Å². The molecule has 0 aliphatic carbocycles. The first-order valence-corrected chi connectivity index (χ1v) is 15.1. The topological polar surface area (TPSA) is 105 Å². The highest BCUT2D eigenvalue weighted by Gasteiger charge is 2.35. The second-order valence-corrected chi connectivity index (χ2v) is 11.5. The van der Waals surface area contributed by atoms with Crippen molar-refractivity contribution in [2.24, 2.45) is 0 Å². The van der Waals surface area contributed by atoms with E-state index >= 15 is 0 Å². The lowest BCUT2D eigenvalue weighted by molar-refractivity contribution is -0.140. The summed E-state index contributed by atoms with van der Waals surface area (Å²) < 4.78 is 39.9. The molecule has 0 bridgehead atoms. The van der Waals surface area contributed by atoms with Gasteiger partial charge in [-0.25, -0.2) is 8.42 Å². The summed E-state index contributed by atoms with van der Waals surface area (Å²) in [6.45, 7) is 3.57. The molecular weight excluding hydrogens is 566 g/mol. The predicted octanol–water partition coefficient (Wildman–Crippen LogP) is 4.89. The van der Waals surface area contributed by atoms with Crippen LogP contribution in [-0.4, -0.2) is 58.5 Å². The zero-order chi connectivity index (χ0) is 30.0. The molecule has 0 aliphatic rings. The molecule has 3 rings (SSSR count). The number of ether oxygens (including phenoxy) is 2. The van der Waals surface area contributed by atoms with Crippen molar-refractivity contribution in [3.05, 3.63) is 83.4 Å². The summed E-state index contributed by atoms with van der Waals surface area (Å²) in [5, 5.41) is 3.29. The Morgan fingerprint density at radius 2 is 1.63 bits per heavy atom. The van der Waals surface area contributed by atoms with E-state index in [2.05, 4.69) is 5.32 Å². The fourth-order valence-electron chi connectivity index (χ4n) is 4.32. The lowest BCUT2D eigenvalue weighted by Gasteiger charge is -2.33. The maximum atomic E-state index is 14.2. The molecule has 0 unspecified atom stereocenters. The molecule has 220 valence electrons. The van der Waals surface area contributed by atoms with Crippen molar-refractivity contribution in [3.8, 4) is 11.5 Å². The maximum Gasteiger partial charge on any atom is 0.264 e. The highest BCUT2D eigenvalue weighted by Crippen LogP contribution is 2.36. The normalized spacial score (nSPS) is 11.8. The van der Waals surface area contributed by atoms with Gasteiger partial charge in [-0.05, 0) is 48.7 Å². The smallest absolute Gasteiger partial charge is 0.264 e. The van der Waals surface area contributed by atoms with Crippen LogP contribution in [-0.2, 0) is 26.2 Å². The van der Waals surface area contributed by atoms with Crippen LogP contribution in [0.4, 0.5) is 5.69 Å². The van der Waals surface area contributed by atoms with Gasteiger partial charge in [-0.1, -0.05) is 61.8 Å². The van der Waals surface area contributed by atoms with Crippen LogP contribution in [0.1, 0.15) is 32.3 Å². The first-order chi connectivity index (χ1) is 19.7. The first-order valence-electron chi connectivity index (χ1n) is 13.3. The Kier molecular flexibility index (Phi) is 11.4. The monoisotopic (exact) mass is 601 g/mol. The number of carbonyl (C=O) groups excluding carboxylic acids is 2. The van der Waals surface area contributed by atoms with Crippen molar-refractivity contribution in [2.45, 2.75) is 44.2 Å². The molecule has 0 spiro atoms. The summed E-state index contributed by atoms with van der Waals surface area (Å²) in [5.74, 6) is -0.317. The Hall–Kier alpha value is -3.76. The third kappa shape index (κ3) is 7.71. The van der Waals surface area contributed by atoms with Gasteiger partial charge in [-0.3, -0.25) is 13.9 Å². The average molecular weight is 602 g/mol. The predicted molar refractivity (Wildman–Crippen MR) is 160 cm³/mol. The Labute approximate surface area is 247 Å². The van der Waals surface area contributed by atoms with Gasteiger partial charge in [0.1, 0.15) is 24.1 Å². The van der Waals surface area contributed by atoms with E-state index in [-0.39, 0.29) is 28.8 Å².